The number of halogens is 3. The van der Waals surface area contributed by atoms with Crippen LogP contribution in [0, 0.1) is 23.0 Å². The van der Waals surface area contributed by atoms with Crippen LogP contribution in [0.25, 0.3) is 0 Å². The second-order valence-electron chi connectivity index (χ2n) is 4.24. The van der Waals surface area contributed by atoms with Crippen LogP contribution in [0.5, 0.6) is 5.75 Å². The first kappa shape index (κ1) is 15.3. The maximum atomic E-state index is 13.7. The van der Waals surface area contributed by atoms with Gasteiger partial charge in [0.15, 0.2) is 0 Å². The van der Waals surface area contributed by atoms with Crippen molar-refractivity contribution >= 4 is 21.6 Å². The highest BCUT2D eigenvalue weighted by Gasteiger charge is 2.11. The van der Waals surface area contributed by atoms with Crippen LogP contribution in [0.2, 0.25) is 0 Å². The van der Waals surface area contributed by atoms with E-state index in [2.05, 4.69) is 21.2 Å². The van der Waals surface area contributed by atoms with Gasteiger partial charge in [-0.15, -0.1) is 0 Å². The van der Waals surface area contributed by atoms with Gasteiger partial charge in [0.1, 0.15) is 29.1 Å². The molecule has 108 valence electrons. The van der Waals surface area contributed by atoms with E-state index in [1.807, 2.05) is 6.07 Å². The average molecular weight is 353 g/mol. The Morgan fingerprint density at radius 1 is 1.24 bits per heavy atom. The minimum Gasteiger partial charge on any atom is -0.495 e. The van der Waals surface area contributed by atoms with E-state index >= 15 is 0 Å². The van der Waals surface area contributed by atoms with Crippen molar-refractivity contribution in [2.75, 3.05) is 12.4 Å². The Labute approximate surface area is 129 Å². The molecule has 0 unspecified atom stereocenters. The van der Waals surface area contributed by atoms with Crippen molar-refractivity contribution in [2.45, 2.75) is 6.54 Å². The van der Waals surface area contributed by atoms with Crippen molar-refractivity contribution in [2.24, 2.45) is 0 Å². The standard InChI is InChI=1S/C15H11BrF2N2O/c1-21-14-4-9(2-3-10(14)7-19)8-20-15-12(17)5-11(16)6-13(15)18/h2-6,20H,8H2,1H3. The predicted octanol–water partition coefficient (Wildman–Crippen LogP) is 4.22. The van der Waals surface area contributed by atoms with E-state index in [0.717, 1.165) is 5.56 Å². The third kappa shape index (κ3) is 3.50. The van der Waals surface area contributed by atoms with Crippen LogP contribution in [0.4, 0.5) is 14.5 Å². The van der Waals surface area contributed by atoms with Crippen LogP contribution in [0.15, 0.2) is 34.8 Å². The fourth-order valence-electron chi connectivity index (χ4n) is 1.84. The summed E-state index contributed by atoms with van der Waals surface area (Å²) in [5.41, 5.74) is 0.955. The Balaban J connectivity index is 2.19. The summed E-state index contributed by atoms with van der Waals surface area (Å²) in [6.07, 6.45) is 0. The third-order valence-corrected chi connectivity index (χ3v) is 3.32. The molecule has 2 aromatic rings. The lowest BCUT2D eigenvalue weighted by Gasteiger charge is -2.11. The van der Waals surface area contributed by atoms with Gasteiger partial charge in [0.05, 0.1) is 12.7 Å². The summed E-state index contributed by atoms with van der Waals surface area (Å²) in [6, 6.07) is 9.32. The molecule has 0 saturated carbocycles. The van der Waals surface area contributed by atoms with Gasteiger partial charge in [-0.1, -0.05) is 22.0 Å². The Kier molecular flexibility index (Phi) is 4.76. The largest absolute Gasteiger partial charge is 0.495 e. The van der Waals surface area contributed by atoms with Crippen molar-refractivity contribution in [3.05, 3.63) is 57.6 Å². The minimum atomic E-state index is -0.678. The molecule has 2 rings (SSSR count). The SMILES string of the molecule is COc1cc(CNc2c(F)cc(Br)cc2F)ccc1C#N. The fraction of sp³-hybridized carbons (Fsp3) is 0.133. The van der Waals surface area contributed by atoms with Crippen molar-refractivity contribution in [3.8, 4) is 11.8 Å². The van der Waals surface area contributed by atoms with Crippen LogP contribution >= 0.6 is 15.9 Å². The zero-order chi connectivity index (χ0) is 15.4. The molecule has 0 fully saturated rings. The van der Waals surface area contributed by atoms with E-state index in [1.54, 1.807) is 18.2 Å². The Morgan fingerprint density at radius 3 is 2.48 bits per heavy atom. The number of nitriles is 1. The van der Waals surface area contributed by atoms with Gasteiger partial charge in [0.25, 0.3) is 0 Å². The highest BCUT2D eigenvalue weighted by Crippen LogP contribution is 2.25. The quantitative estimate of drug-likeness (QED) is 0.895. The normalized spacial score (nSPS) is 10.0. The topological polar surface area (TPSA) is 45.0 Å². The first-order chi connectivity index (χ1) is 10.0. The lowest BCUT2D eigenvalue weighted by atomic mass is 10.1. The van der Waals surface area contributed by atoms with Crippen molar-refractivity contribution in [1.29, 1.82) is 5.26 Å². The smallest absolute Gasteiger partial charge is 0.150 e. The van der Waals surface area contributed by atoms with E-state index in [0.29, 0.717) is 15.8 Å². The summed E-state index contributed by atoms with van der Waals surface area (Å²) in [4.78, 5) is 0. The molecule has 0 saturated heterocycles. The summed E-state index contributed by atoms with van der Waals surface area (Å²) in [5, 5.41) is 11.6. The number of rotatable bonds is 4. The number of methoxy groups -OCH3 is 1. The number of anilines is 1. The van der Waals surface area contributed by atoms with Crippen molar-refractivity contribution in [1.82, 2.24) is 0 Å². The number of nitrogens with one attached hydrogen (secondary N) is 1. The van der Waals surface area contributed by atoms with E-state index in [1.165, 1.54) is 19.2 Å². The summed E-state index contributed by atoms with van der Waals surface area (Å²) in [7, 11) is 1.46. The lowest BCUT2D eigenvalue weighted by Crippen LogP contribution is -2.04. The molecular weight excluding hydrogens is 342 g/mol. The van der Waals surface area contributed by atoms with Gasteiger partial charge in [-0.2, -0.15) is 5.26 Å². The molecule has 1 N–H and O–H groups in total. The molecule has 0 heterocycles. The Morgan fingerprint density at radius 2 is 1.90 bits per heavy atom. The maximum Gasteiger partial charge on any atom is 0.150 e. The van der Waals surface area contributed by atoms with Crippen LogP contribution in [-0.4, -0.2) is 7.11 Å². The van der Waals surface area contributed by atoms with Crippen LogP contribution in [0.1, 0.15) is 11.1 Å². The van der Waals surface area contributed by atoms with E-state index in [9.17, 15) is 8.78 Å². The van der Waals surface area contributed by atoms with E-state index < -0.39 is 11.6 Å². The van der Waals surface area contributed by atoms with Gasteiger partial charge in [-0.25, -0.2) is 8.78 Å². The summed E-state index contributed by atoms with van der Waals surface area (Å²) >= 11 is 3.02. The van der Waals surface area contributed by atoms with E-state index in [-0.39, 0.29) is 12.2 Å². The molecule has 0 bridgehead atoms. The Bertz CT molecular complexity index is 690. The zero-order valence-electron chi connectivity index (χ0n) is 11.1. The highest BCUT2D eigenvalue weighted by molar-refractivity contribution is 9.10. The lowest BCUT2D eigenvalue weighted by molar-refractivity contribution is 0.413. The zero-order valence-corrected chi connectivity index (χ0v) is 12.7. The third-order valence-electron chi connectivity index (χ3n) is 2.86. The highest BCUT2D eigenvalue weighted by atomic mass is 79.9. The van der Waals surface area contributed by atoms with E-state index in [4.69, 9.17) is 10.00 Å². The second kappa shape index (κ2) is 6.55. The first-order valence-electron chi connectivity index (χ1n) is 6.00. The monoisotopic (exact) mass is 352 g/mol. The molecule has 21 heavy (non-hydrogen) atoms. The van der Waals surface area contributed by atoms with Gasteiger partial charge >= 0.3 is 0 Å². The van der Waals surface area contributed by atoms with Crippen molar-refractivity contribution in [3.63, 3.8) is 0 Å². The molecular formula is C15H11BrF2N2O. The second-order valence-corrected chi connectivity index (χ2v) is 5.16. The van der Waals surface area contributed by atoms with Crippen LogP contribution < -0.4 is 10.1 Å². The molecule has 3 nitrogen and oxygen atoms in total. The Hall–Kier alpha value is -2.13. The molecule has 0 spiro atoms. The number of hydrogen-bond donors (Lipinski definition) is 1. The number of hydrogen-bond acceptors (Lipinski definition) is 3. The predicted molar refractivity (Wildman–Crippen MR) is 79.1 cm³/mol. The number of nitrogens with zero attached hydrogens (tertiary/aromatic N) is 1. The van der Waals surface area contributed by atoms with Crippen LogP contribution in [0.3, 0.4) is 0 Å². The minimum absolute atomic E-state index is 0.193. The average Bonchev–Trinajstić information content (AvgIpc) is 2.45. The van der Waals surface area contributed by atoms with Gasteiger partial charge in [0.2, 0.25) is 0 Å². The summed E-state index contributed by atoms with van der Waals surface area (Å²) in [5.74, 6) is -0.932. The molecule has 0 aliphatic heterocycles. The van der Waals surface area contributed by atoms with Crippen LogP contribution in [-0.2, 0) is 6.54 Å². The van der Waals surface area contributed by atoms with Gasteiger partial charge < -0.3 is 10.1 Å². The molecule has 0 radical (unpaired) electrons. The molecule has 0 amide bonds. The molecule has 2 aromatic carbocycles. The summed E-state index contributed by atoms with van der Waals surface area (Å²) < 4.78 is 32.8. The molecule has 0 aliphatic carbocycles. The fourth-order valence-corrected chi connectivity index (χ4v) is 2.24. The molecule has 0 aromatic heterocycles. The van der Waals surface area contributed by atoms with Gasteiger partial charge in [-0.05, 0) is 29.8 Å². The number of ether oxygens (including phenoxy) is 1. The number of benzene rings is 2. The molecule has 0 atom stereocenters. The van der Waals surface area contributed by atoms with Crippen molar-refractivity contribution < 1.29 is 13.5 Å². The van der Waals surface area contributed by atoms with Gasteiger partial charge in [-0.3, -0.25) is 0 Å². The first-order valence-corrected chi connectivity index (χ1v) is 6.80. The van der Waals surface area contributed by atoms with Gasteiger partial charge in [0, 0.05) is 11.0 Å². The maximum absolute atomic E-state index is 13.7. The molecule has 0 aliphatic rings. The molecule has 6 heteroatoms. The summed E-state index contributed by atoms with van der Waals surface area (Å²) in [6.45, 7) is 0.206.